The van der Waals surface area contributed by atoms with Crippen LogP contribution in [0.2, 0.25) is 0 Å². The first-order valence-corrected chi connectivity index (χ1v) is 4.58. The summed E-state index contributed by atoms with van der Waals surface area (Å²) in [6.07, 6.45) is 0. The van der Waals surface area contributed by atoms with E-state index >= 15 is 0 Å². The summed E-state index contributed by atoms with van der Waals surface area (Å²) in [5, 5.41) is 13.8. The molecule has 0 saturated heterocycles. The molecule has 90 valence electrons. The first kappa shape index (κ1) is 20.1. The van der Waals surface area contributed by atoms with Crippen molar-refractivity contribution in [2.24, 2.45) is 22.3 Å². The van der Waals surface area contributed by atoms with Crippen LogP contribution in [0.25, 0.3) is 0 Å². The Morgan fingerprint density at radius 2 is 0.800 bits per heavy atom. The van der Waals surface area contributed by atoms with Crippen LogP contribution in [0, 0.1) is 21.6 Å². The largest absolute Gasteiger partial charge is 3.00 e. The molecule has 0 aliphatic heterocycles. The van der Waals surface area contributed by atoms with Crippen LogP contribution >= 0.6 is 0 Å². The third-order valence-corrected chi connectivity index (χ3v) is 1.62. The smallest absolute Gasteiger partial charge is 0.387 e. The van der Waals surface area contributed by atoms with Gasteiger partial charge in [-0.05, 0) is 0 Å². The summed E-state index contributed by atoms with van der Waals surface area (Å²) < 4.78 is 0. The fourth-order valence-electron chi connectivity index (χ4n) is 0. The van der Waals surface area contributed by atoms with Crippen molar-refractivity contribution in [3.8, 4) is 0 Å². The van der Waals surface area contributed by atoms with Gasteiger partial charge in [-0.2, -0.15) is 0 Å². The summed E-state index contributed by atoms with van der Waals surface area (Å²) in [4.78, 5) is 0. The second kappa shape index (κ2) is 6.96. The fraction of sp³-hybridized carbons (Fsp3) is 0.800. The molecule has 0 aromatic heterocycles. The zero-order chi connectivity index (χ0) is 12.2. The molecule has 0 spiro atoms. The fourth-order valence-corrected chi connectivity index (χ4v) is 0. The molecule has 0 bridgehead atoms. The predicted molar refractivity (Wildman–Crippen MR) is 62.7 cm³/mol. The maximum atomic E-state index is 6.92. The van der Waals surface area contributed by atoms with Crippen molar-refractivity contribution in [3.05, 3.63) is 0 Å². The van der Waals surface area contributed by atoms with E-state index in [1.807, 2.05) is 41.5 Å². The van der Waals surface area contributed by atoms with Crippen LogP contribution in [0.1, 0.15) is 41.5 Å². The van der Waals surface area contributed by atoms with Crippen LogP contribution in [-0.2, 0) is 20.1 Å². The Morgan fingerprint density at radius 3 is 0.800 bits per heavy atom. The molecule has 6 N–H and O–H groups in total. The van der Waals surface area contributed by atoms with Gasteiger partial charge in [-0.3, -0.25) is 10.8 Å². The third kappa shape index (κ3) is 13.6. The zero-order valence-electron chi connectivity index (χ0n) is 10.5. The zero-order valence-corrected chi connectivity index (χ0v) is 12.9. The van der Waals surface area contributed by atoms with Gasteiger partial charge in [0.2, 0.25) is 0 Å². The minimum atomic E-state index is -0.139. The van der Waals surface area contributed by atoms with Crippen molar-refractivity contribution in [3.63, 3.8) is 0 Å². The first-order valence-electron chi connectivity index (χ1n) is 4.58. The molecule has 0 aromatic rings. The average molecular weight is 393 g/mol. The molecular weight excluding hydrogens is 368 g/mol. The normalized spacial score (nSPS) is 10.5. The standard InChI is InChI=1S/2C5H12N2.Ir/c2*1-5(2,3)4(6)7;/h2*1-3H3,(H3,6,7);/q;;+3. The Kier molecular flexibility index (Phi) is 9.31. The van der Waals surface area contributed by atoms with Crippen molar-refractivity contribution in [2.75, 3.05) is 0 Å². The Hall–Kier alpha value is -0.411. The topological polar surface area (TPSA) is 99.7 Å². The maximum absolute atomic E-state index is 6.92. The molecule has 0 fully saturated rings. The van der Waals surface area contributed by atoms with E-state index in [1.54, 1.807) is 0 Å². The summed E-state index contributed by atoms with van der Waals surface area (Å²) in [7, 11) is 0. The van der Waals surface area contributed by atoms with Gasteiger partial charge in [0.25, 0.3) is 0 Å². The van der Waals surface area contributed by atoms with Gasteiger partial charge in [0.05, 0.1) is 11.7 Å². The molecule has 0 radical (unpaired) electrons. The molecular formula is C10H24IrN4+3. The van der Waals surface area contributed by atoms with E-state index in [2.05, 4.69) is 0 Å². The number of hydrogen-bond acceptors (Lipinski definition) is 2. The van der Waals surface area contributed by atoms with Gasteiger partial charge in [-0.15, -0.1) is 0 Å². The average Bonchev–Trinajstić information content (AvgIpc) is 1.83. The summed E-state index contributed by atoms with van der Waals surface area (Å²) in [6.45, 7) is 11.5. The number of hydrogen-bond donors (Lipinski definition) is 4. The van der Waals surface area contributed by atoms with Crippen LogP contribution in [0.4, 0.5) is 0 Å². The molecule has 0 saturated carbocycles. The Labute approximate surface area is 107 Å². The van der Waals surface area contributed by atoms with Crippen molar-refractivity contribution >= 4 is 11.7 Å². The minimum Gasteiger partial charge on any atom is -0.387 e. The third-order valence-electron chi connectivity index (χ3n) is 1.62. The summed E-state index contributed by atoms with van der Waals surface area (Å²) in [5.41, 5.74) is 10.0. The van der Waals surface area contributed by atoms with Crippen LogP contribution in [0.5, 0.6) is 0 Å². The maximum Gasteiger partial charge on any atom is 3.00 e. The van der Waals surface area contributed by atoms with E-state index in [-0.39, 0.29) is 42.6 Å². The molecule has 4 nitrogen and oxygen atoms in total. The summed E-state index contributed by atoms with van der Waals surface area (Å²) >= 11 is 0. The molecule has 0 heterocycles. The van der Waals surface area contributed by atoms with Crippen molar-refractivity contribution in [2.45, 2.75) is 41.5 Å². The van der Waals surface area contributed by atoms with Crippen LogP contribution in [0.3, 0.4) is 0 Å². The van der Waals surface area contributed by atoms with E-state index < -0.39 is 0 Å². The molecule has 0 atom stereocenters. The monoisotopic (exact) mass is 393 g/mol. The van der Waals surface area contributed by atoms with E-state index in [9.17, 15) is 0 Å². The van der Waals surface area contributed by atoms with Gasteiger partial charge in [-0.1, -0.05) is 41.5 Å². The second-order valence-corrected chi connectivity index (χ2v) is 5.33. The molecule has 5 heteroatoms. The van der Waals surface area contributed by atoms with Gasteiger partial charge in [0.1, 0.15) is 0 Å². The molecule has 0 amide bonds. The van der Waals surface area contributed by atoms with E-state index in [0.717, 1.165) is 0 Å². The van der Waals surface area contributed by atoms with Gasteiger partial charge < -0.3 is 11.5 Å². The quantitative estimate of drug-likeness (QED) is 0.374. The van der Waals surface area contributed by atoms with Crippen LogP contribution in [-0.4, -0.2) is 11.7 Å². The number of nitrogens with two attached hydrogens (primary N) is 2. The number of nitrogens with one attached hydrogen (secondary N) is 2. The van der Waals surface area contributed by atoms with Crippen molar-refractivity contribution < 1.29 is 20.1 Å². The molecule has 0 aliphatic rings. The molecule has 0 aromatic carbocycles. The molecule has 0 unspecified atom stereocenters. The number of rotatable bonds is 0. The molecule has 0 aliphatic carbocycles. The first-order chi connectivity index (χ1) is 5.89. The van der Waals surface area contributed by atoms with E-state index in [0.29, 0.717) is 0 Å². The van der Waals surface area contributed by atoms with E-state index in [1.165, 1.54) is 0 Å². The molecule has 0 rings (SSSR count). The number of amidine groups is 2. The van der Waals surface area contributed by atoms with Crippen LogP contribution < -0.4 is 11.5 Å². The van der Waals surface area contributed by atoms with Gasteiger partial charge >= 0.3 is 20.1 Å². The summed E-state index contributed by atoms with van der Waals surface area (Å²) in [5.74, 6) is 0.486. The Balaban J connectivity index is -0.000000180. The predicted octanol–water partition coefficient (Wildman–Crippen LogP) is 1.93. The Bertz CT molecular complexity index is 186. The van der Waals surface area contributed by atoms with Crippen LogP contribution in [0.15, 0.2) is 0 Å². The van der Waals surface area contributed by atoms with Crippen molar-refractivity contribution in [1.82, 2.24) is 0 Å². The van der Waals surface area contributed by atoms with Gasteiger partial charge in [-0.25, -0.2) is 0 Å². The Morgan fingerprint density at radius 1 is 0.733 bits per heavy atom. The minimum absolute atomic E-state index is 0. The molecule has 15 heavy (non-hydrogen) atoms. The van der Waals surface area contributed by atoms with E-state index in [4.69, 9.17) is 22.3 Å². The summed E-state index contributed by atoms with van der Waals surface area (Å²) in [6, 6.07) is 0. The van der Waals surface area contributed by atoms with Gasteiger partial charge in [0.15, 0.2) is 0 Å². The second-order valence-electron chi connectivity index (χ2n) is 5.33. The SMILES string of the molecule is CC(C)(C)C(=N)N.CC(C)(C)C(=N)N.[Ir+3]. The van der Waals surface area contributed by atoms with Gasteiger partial charge in [0, 0.05) is 10.8 Å². The van der Waals surface area contributed by atoms with Crippen molar-refractivity contribution in [1.29, 1.82) is 10.8 Å².